The Morgan fingerprint density at radius 1 is 1.11 bits per heavy atom. The summed E-state index contributed by atoms with van der Waals surface area (Å²) in [6.45, 7) is 6.00. The summed E-state index contributed by atoms with van der Waals surface area (Å²) in [6, 6.07) is 5.48. The molecule has 3 rings (SSSR count). The molecule has 1 aliphatic heterocycles. The van der Waals surface area contributed by atoms with Gasteiger partial charge < -0.3 is 19.5 Å². The van der Waals surface area contributed by atoms with Crippen LogP contribution in [0.15, 0.2) is 40.7 Å². The molecular weight excluding hydrogens is 358 g/mol. The van der Waals surface area contributed by atoms with Crippen molar-refractivity contribution in [1.82, 2.24) is 5.32 Å². The largest absolute Gasteiger partial charge is 0.493 e. The number of carbonyl (C=O) groups excluding carboxylic acids is 2. The van der Waals surface area contributed by atoms with Gasteiger partial charge in [0.1, 0.15) is 0 Å². The molecule has 6 heteroatoms. The van der Waals surface area contributed by atoms with Crippen LogP contribution in [0.3, 0.4) is 0 Å². The lowest BCUT2D eigenvalue weighted by molar-refractivity contribution is -0.136. The van der Waals surface area contributed by atoms with Crippen molar-refractivity contribution < 1.29 is 23.8 Å². The van der Waals surface area contributed by atoms with Crippen LogP contribution >= 0.6 is 0 Å². The molecule has 6 nitrogen and oxygen atoms in total. The molecule has 0 fully saturated rings. The number of nitrogens with one attached hydrogen (secondary N) is 1. The van der Waals surface area contributed by atoms with E-state index >= 15 is 0 Å². The summed E-state index contributed by atoms with van der Waals surface area (Å²) < 4.78 is 15.8. The van der Waals surface area contributed by atoms with Gasteiger partial charge >= 0.3 is 5.97 Å². The molecule has 0 unspecified atom stereocenters. The van der Waals surface area contributed by atoms with Gasteiger partial charge in [-0.05, 0) is 36.5 Å². The number of hydrogen-bond donors (Lipinski definition) is 1. The third-order valence-corrected chi connectivity index (χ3v) is 5.39. The van der Waals surface area contributed by atoms with E-state index in [1.54, 1.807) is 20.3 Å². The average Bonchev–Trinajstić information content (AvgIpc) is 2.64. The van der Waals surface area contributed by atoms with Crippen LogP contribution in [0.1, 0.15) is 45.1 Å². The Balaban J connectivity index is 2.22. The fourth-order valence-corrected chi connectivity index (χ4v) is 4.18. The van der Waals surface area contributed by atoms with Crippen LogP contribution in [0.25, 0.3) is 0 Å². The predicted octanol–water partition coefficient (Wildman–Crippen LogP) is 3.48. The van der Waals surface area contributed by atoms with Crippen LogP contribution in [-0.2, 0) is 14.3 Å². The molecule has 0 saturated heterocycles. The lowest BCUT2D eigenvalue weighted by Gasteiger charge is -2.39. The average molecular weight is 385 g/mol. The van der Waals surface area contributed by atoms with E-state index in [-0.39, 0.29) is 11.2 Å². The molecule has 1 atom stereocenters. The van der Waals surface area contributed by atoms with Crippen LogP contribution in [0, 0.1) is 5.41 Å². The molecule has 150 valence electrons. The molecule has 1 aliphatic carbocycles. The first-order valence-corrected chi connectivity index (χ1v) is 9.26. The maximum absolute atomic E-state index is 13.1. The highest BCUT2D eigenvalue weighted by Gasteiger charge is 2.43. The van der Waals surface area contributed by atoms with Crippen LogP contribution in [0.5, 0.6) is 11.5 Å². The number of esters is 1. The van der Waals surface area contributed by atoms with Gasteiger partial charge in [0.05, 0.1) is 26.9 Å². The second-order valence-corrected chi connectivity index (χ2v) is 8.04. The molecule has 2 aliphatic rings. The molecule has 28 heavy (non-hydrogen) atoms. The van der Waals surface area contributed by atoms with Crippen molar-refractivity contribution in [3.63, 3.8) is 0 Å². The maximum atomic E-state index is 13.1. The second kappa shape index (κ2) is 7.34. The molecular formula is C22H27NO5. The molecule has 0 amide bonds. The van der Waals surface area contributed by atoms with Gasteiger partial charge in [-0.3, -0.25) is 4.79 Å². The van der Waals surface area contributed by atoms with Crippen molar-refractivity contribution in [3.05, 3.63) is 46.3 Å². The molecule has 0 aromatic heterocycles. The summed E-state index contributed by atoms with van der Waals surface area (Å²) in [7, 11) is 4.48. The number of benzene rings is 1. The third kappa shape index (κ3) is 3.39. The number of allylic oxidation sites excluding steroid dienone is 3. The molecule has 0 radical (unpaired) electrons. The van der Waals surface area contributed by atoms with E-state index in [2.05, 4.69) is 19.2 Å². The summed E-state index contributed by atoms with van der Waals surface area (Å²) >= 11 is 0. The molecule has 1 heterocycles. The first-order valence-electron chi connectivity index (χ1n) is 9.26. The van der Waals surface area contributed by atoms with Gasteiger partial charge in [-0.25, -0.2) is 4.79 Å². The van der Waals surface area contributed by atoms with Crippen molar-refractivity contribution in [2.45, 2.75) is 39.5 Å². The van der Waals surface area contributed by atoms with Gasteiger partial charge in [0.25, 0.3) is 0 Å². The number of hydrogen-bond acceptors (Lipinski definition) is 6. The van der Waals surface area contributed by atoms with Gasteiger partial charge in [0.15, 0.2) is 17.3 Å². The number of Topliss-reactive ketones (excluding diaryl/α,β-unsaturated/α-hetero) is 1. The standard InChI is InChI=1S/C22H27NO5/c1-12-18(21(25)28-6)19(13-7-8-16(26-4)17(9-13)27-5)20-14(23-12)10-22(2,3)11-15(20)24/h7-9,19,23H,10-11H2,1-6H3/t19-/m1/s1. The lowest BCUT2D eigenvalue weighted by Crippen LogP contribution is -2.38. The lowest BCUT2D eigenvalue weighted by atomic mass is 9.68. The number of ketones is 1. The predicted molar refractivity (Wildman–Crippen MR) is 105 cm³/mol. The minimum atomic E-state index is -0.507. The molecule has 0 bridgehead atoms. The number of methoxy groups -OCH3 is 3. The smallest absolute Gasteiger partial charge is 0.336 e. The number of carbonyl (C=O) groups is 2. The summed E-state index contributed by atoms with van der Waals surface area (Å²) in [4.78, 5) is 25.8. The Morgan fingerprint density at radius 2 is 1.79 bits per heavy atom. The van der Waals surface area contributed by atoms with Crippen molar-refractivity contribution in [2.24, 2.45) is 5.41 Å². The molecule has 0 saturated carbocycles. The molecule has 0 spiro atoms. The first-order chi connectivity index (χ1) is 13.2. The number of rotatable bonds is 4. The highest BCUT2D eigenvalue weighted by molar-refractivity contribution is 6.04. The summed E-state index contributed by atoms with van der Waals surface area (Å²) in [5.41, 5.74) is 3.33. The fraction of sp³-hybridized carbons (Fsp3) is 0.455. The zero-order chi connectivity index (χ0) is 20.6. The summed E-state index contributed by atoms with van der Waals surface area (Å²) in [5, 5.41) is 3.30. The Hall–Kier alpha value is -2.76. The van der Waals surface area contributed by atoms with Crippen molar-refractivity contribution >= 4 is 11.8 Å². The highest BCUT2D eigenvalue weighted by atomic mass is 16.5. The number of dihydropyridines is 1. The Kier molecular flexibility index (Phi) is 5.24. The molecule has 1 N–H and O–H groups in total. The summed E-state index contributed by atoms with van der Waals surface area (Å²) in [5.74, 6) is 0.227. The quantitative estimate of drug-likeness (QED) is 0.800. The minimum absolute atomic E-state index is 0.0486. The topological polar surface area (TPSA) is 73.9 Å². The van der Waals surface area contributed by atoms with E-state index in [0.717, 1.165) is 17.7 Å². The Labute approximate surface area is 165 Å². The van der Waals surface area contributed by atoms with Crippen LogP contribution in [-0.4, -0.2) is 33.1 Å². The van der Waals surface area contributed by atoms with Gasteiger partial charge in [-0.1, -0.05) is 19.9 Å². The van der Waals surface area contributed by atoms with Crippen molar-refractivity contribution in [1.29, 1.82) is 0 Å². The van der Waals surface area contributed by atoms with E-state index in [1.807, 2.05) is 19.1 Å². The summed E-state index contributed by atoms with van der Waals surface area (Å²) in [6.07, 6.45) is 1.18. The third-order valence-electron chi connectivity index (χ3n) is 5.39. The van der Waals surface area contributed by atoms with E-state index in [9.17, 15) is 9.59 Å². The normalized spacial score (nSPS) is 21.1. The van der Waals surface area contributed by atoms with Crippen LogP contribution < -0.4 is 14.8 Å². The monoisotopic (exact) mass is 385 g/mol. The van der Waals surface area contributed by atoms with Gasteiger partial charge in [0.2, 0.25) is 0 Å². The van der Waals surface area contributed by atoms with Crippen LogP contribution in [0.4, 0.5) is 0 Å². The zero-order valence-corrected chi connectivity index (χ0v) is 17.3. The van der Waals surface area contributed by atoms with E-state index < -0.39 is 11.9 Å². The maximum Gasteiger partial charge on any atom is 0.336 e. The van der Waals surface area contributed by atoms with E-state index in [1.165, 1.54) is 7.11 Å². The highest BCUT2D eigenvalue weighted by Crippen LogP contribution is 2.47. The van der Waals surface area contributed by atoms with Gasteiger partial charge in [-0.2, -0.15) is 0 Å². The van der Waals surface area contributed by atoms with Gasteiger partial charge in [0, 0.05) is 29.3 Å². The van der Waals surface area contributed by atoms with E-state index in [4.69, 9.17) is 14.2 Å². The minimum Gasteiger partial charge on any atom is -0.493 e. The molecule has 1 aromatic rings. The SMILES string of the molecule is COC(=O)C1=C(C)NC2=C(C(=O)CC(C)(C)C2)[C@@H]1c1ccc(OC)c(OC)c1. The van der Waals surface area contributed by atoms with E-state index in [0.29, 0.717) is 34.8 Å². The first kappa shape index (κ1) is 20.0. The number of ether oxygens (including phenoxy) is 3. The van der Waals surface area contributed by atoms with Crippen molar-refractivity contribution in [2.75, 3.05) is 21.3 Å². The molecule has 1 aromatic carbocycles. The van der Waals surface area contributed by atoms with Gasteiger partial charge in [-0.15, -0.1) is 0 Å². The van der Waals surface area contributed by atoms with Crippen molar-refractivity contribution in [3.8, 4) is 11.5 Å². The van der Waals surface area contributed by atoms with Crippen LogP contribution in [0.2, 0.25) is 0 Å². The fourth-order valence-electron chi connectivity index (χ4n) is 4.18. The Morgan fingerprint density at radius 3 is 2.39 bits per heavy atom. The zero-order valence-electron chi connectivity index (χ0n) is 17.3. The second-order valence-electron chi connectivity index (χ2n) is 8.04. The Bertz CT molecular complexity index is 894.